The van der Waals surface area contributed by atoms with Crippen molar-refractivity contribution < 1.29 is 4.79 Å². The summed E-state index contributed by atoms with van der Waals surface area (Å²) in [5, 5.41) is 0.516. The van der Waals surface area contributed by atoms with Crippen LogP contribution in [-0.4, -0.2) is 15.0 Å². The van der Waals surface area contributed by atoms with Crippen LogP contribution in [0.4, 0.5) is 0 Å². The van der Waals surface area contributed by atoms with Gasteiger partial charge in [-0.2, -0.15) is 0 Å². The van der Waals surface area contributed by atoms with Gasteiger partial charge in [0.25, 0.3) is 11.5 Å². The molecule has 3 rings (SSSR count). The van der Waals surface area contributed by atoms with E-state index in [2.05, 4.69) is 0 Å². The second-order valence-corrected chi connectivity index (χ2v) is 7.86. The van der Waals surface area contributed by atoms with Gasteiger partial charge in [0.15, 0.2) is 0 Å². The van der Waals surface area contributed by atoms with E-state index in [0.29, 0.717) is 28.7 Å². The van der Waals surface area contributed by atoms with Gasteiger partial charge in [-0.1, -0.05) is 32.0 Å². The van der Waals surface area contributed by atoms with Gasteiger partial charge in [0.1, 0.15) is 4.83 Å². The minimum absolute atomic E-state index is 0.264. The summed E-state index contributed by atoms with van der Waals surface area (Å²) in [7, 11) is 1.49. The molecule has 0 aliphatic rings. The van der Waals surface area contributed by atoms with E-state index >= 15 is 0 Å². The largest absolute Gasteiger partial charge is 0.331 e. The zero-order valence-electron chi connectivity index (χ0n) is 14.9. The Morgan fingerprint density at radius 1 is 1.23 bits per heavy atom. The highest BCUT2D eigenvalue weighted by molar-refractivity contribution is 7.18. The first-order valence-corrected chi connectivity index (χ1v) is 9.17. The summed E-state index contributed by atoms with van der Waals surface area (Å²) in [6.07, 6.45) is 0.444. The molecule has 26 heavy (non-hydrogen) atoms. The highest BCUT2D eigenvalue weighted by Crippen LogP contribution is 2.26. The van der Waals surface area contributed by atoms with Gasteiger partial charge in [-0.3, -0.25) is 24.5 Å². The first kappa shape index (κ1) is 18.1. The summed E-state index contributed by atoms with van der Waals surface area (Å²) in [5.41, 5.74) is 7.88. The molecule has 0 bridgehead atoms. The number of aromatic nitrogens is 2. The van der Waals surface area contributed by atoms with Crippen LogP contribution in [0.3, 0.4) is 0 Å². The van der Waals surface area contributed by atoms with Crippen LogP contribution in [0.2, 0.25) is 0 Å². The summed E-state index contributed by atoms with van der Waals surface area (Å²) in [6, 6.07) is 8.79. The SMILES string of the molecule is CC(C)Cn1c(=O)n(C)c(=O)c2cc(Cc3ccccc3C([NH])=O)sc21. The zero-order chi connectivity index (χ0) is 19.0. The van der Waals surface area contributed by atoms with E-state index in [4.69, 9.17) is 5.73 Å². The van der Waals surface area contributed by atoms with Crippen molar-refractivity contribution in [3.63, 3.8) is 0 Å². The number of carbonyl (C=O) groups excluding carboxylic acids is 1. The maximum absolute atomic E-state index is 12.5. The Kier molecular flexibility index (Phi) is 4.82. The van der Waals surface area contributed by atoms with Crippen LogP contribution < -0.4 is 17.0 Å². The molecule has 1 aromatic carbocycles. The highest BCUT2D eigenvalue weighted by Gasteiger charge is 2.17. The number of rotatable bonds is 5. The maximum atomic E-state index is 12.5. The normalized spacial score (nSPS) is 11.4. The Hall–Kier alpha value is -2.67. The molecule has 0 unspecified atom stereocenters. The summed E-state index contributed by atoms with van der Waals surface area (Å²) >= 11 is 1.40. The molecule has 3 aromatic rings. The molecule has 0 fully saturated rings. The fourth-order valence-corrected chi connectivity index (χ4v) is 4.19. The molecule has 135 valence electrons. The van der Waals surface area contributed by atoms with Crippen molar-refractivity contribution in [1.29, 1.82) is 0 Å². The minimum atomic E-state index is -0.727. The van der Waals surface area contributed by atoms with Gasteiger partial charge >= 0.3 is 5.69 Å². The van der Waals surface area contributed by atoms with Crippen molar-refractivity contribution in [3.05, 3.63) is 67.2 Å². The van der Waals surface area contributed by atoms with Crippen molar-refractivity contribution in [3.8, 4) is 0 Å². The second kappa shape index (κ2) is 6.92. The number of benzene rings is 1. The maximum Gasteiger partial charge on any atom is 0.331 e. The number of amides is 1. The Labute approximate surface area is 154 Å². The predicted molar refractivity (Wildman–Crippen MR) is 103 cm³/mol. The zero-order valence-corrected chi connectivity index (χ0v) is 15.7. The number of thiophene rings is 1. The first-order valence-electron chi connectivity index (χ1n) is 8.35. The molecular formula is C19H20N3O3S. The van der Waals surface area contributed by atoms with Gasteiger partial charge in [-0.05, 0) is 23.6 Å². The average Bonchev–Trinajstić information content (AvgIpc) is 3.00. The van der Waals surface area contributed by atoms with Crippen LogP contribution in [0, 0.1) is 5.92 Å². The number of hydrogen-bond acceptors (Lipinski definition) is 4. The molecule has 1 amide bonds. The molecule has 1 radical (unpaired) electrons. The Morgan fingerprint density at radius 3 is 2.58 bits per heavy atom. The van der Waals surface area contributed by atoms with Gasteiger partial charge in [0, 0.05) is 30.5 Å². The summed E-state index contributed by atoms with van der Waals surface area (Å²) < 4.78 is 2.79. The Morgan fingerprint density at radius 2 is 1.92 bits per heavy atom. The second-order valence-electron chi connectivity index (χ2n) is 6.75. The number of carbonyl (C=O) groups is 1. The Balaban J connectivity index is 2.16. The van der Waals surface area contributed by atoms with E-state index in [1.807, 2.05) is 26.0 Å². The Bertz CT molecular complexity index is 1110. The third-order valence-electron chi connectivity index (χ3n) is 4.24. The molecule has 7 heteroatoms. The van der Waals surface area contributed by atoms with E-state index in [0.717, 1.165) is 15.0 Å². The average molecular weight is 370 g/mol. The number of fused-ring (bicyclic) bond motifs is 1. The molecule has 0 atom stereocenters. The molecule has 0 aliphatic heterocycles. The van der Waals surface area contributed by atoms with Crippen molar-refractivity contribution in [1.82, 2.24) is 14.9 Å². The van der Waals surface area contributed by atoms with Crippen LogP contribution in [0.15, 0.2) is 39.9 Å². The molecule has 0 spiro atoms. The highest BCUT2D eigenvalue weighted by atomic mass is 32.1. The standard InChI is InChI=1S/C19H20N3O3S/c1-11(2)10-22-18-15(17(24)21(3)19(22)25)9-13(26-18)8-12-6-4-5-7-14(12)16(20)23/h4-7,9,11,20H,8,10H2,1-3H3. The minimum Gasteiger partial charge on any atom is -0.284 e. The van der Waals surface area contributed by atoms with Crippen molar-refractivity contribution >= 4 is 27.5 Å². The lowest BCUT2D eigenvalue weighted by atomic mass is 10.0. The van der Waals surface area contributed by atoms with Gasteiger partial charge in [0.2, 0.25) is 0 Å². The van der Waals surface area contributed by atoms with E-state index < -0.39 is 5.91 Å². The molecule has 0 aliphatic carbocycles. The van der Waals surface area contributed by atoms with E-state index in [-0.39, 0.29) is 17.2 Å². The summed E-state index contributed by atoms with van der Waals surface area (Å²) in [6.45, 7) is 4.58. The van der Waals surface area contributed by atoms with Crippen LogP contribution in [0.5, 0.6) is 0 Å². The fourth-order valence-electron chi connectivity index (χ4n) is 3.02. The lowest BCUT2D eigenvalue weighted by molar-refractivity contribution is 0.0991. The number of nitrogens with zero attached hydrogens (tertiary/aromatic N) is 2. The molecule has 1 N–H and O–H groups in total. The molecule has 0 saturated carbocycles. The first-order chi connectivity index (χ1) is 12.3. The molecular weight excluding hydrogens is 350 g/mol. The van der Waals surface area contributed by atoms with Crippen molar-refractivity contribution in [2.24, 2.45) is 13.0 Å². The quantitative estimate of drug-likeness (QED) is 0.691. The molecule has 2 heterocycles. The summed E-state index contributed by atoms with van der Waals surface area (Å²) in [4.78, 5) is 38.1. The van der Waals surface area contributed by atoms with Crippen LogP contribution in [0.1, 0.15) is 34.6 Å². The lowest BCUT2D eigenvalue weighted by Gasteiger charge is -2.11. The van der Waals surface area contributed by atoms with Gasteiger partial charge in [-0.25, -0.2) is 4.79 Å². The van der Waals surface area contributed by atoms with E-state index in [1.165, 1.54) is 18.4 Å². The summed E-state index contributed by atoms with van der Waals surface area (Å²) in [5.74, 6) is -0.463. The van der Waals surface area contributed by atoms with Crippen molar-refractivity contribution in [2.45, 2.75) is 26.8 Å². The third kappa shape index (κ3) is 3.22. The van der Waals surface area contributed by atoms with Gasteiger partial charge < -0.3 is 0 Å². The molecule has 0 saturated heterocycles. The van der Waals surface area contributed by atoms with Gasteiger partial charge in [-0.15, -0.1) is 11.3 Å². The molecule has 6 nitrogen and oxygen atoms in total. The topological polar surface area (TPSA) is 84.9 Å². The van der Waals surface area contributed by atoms with E-state index in [1.54, 1.807) is 22.8 Å². The number of nitrogens with one attached hydrogen (secondary N) is 1. The predicted octanol–water partition coefficient (Wildman–Crippen LogP) is 2.43. The van der Waals surface area contributed by atoms with Crippen LogP contribution in [0.25, 0.3) is 10.2 Å². The third-order valence-corrected chi connectivity index (χ3v) is 5.39. The van der Waals surface area contributed by atoms with Crippen LogP contribution in [-0.2, 0) is 20.0 Å². The fraction of sp³-hybridized carbons (Fsp3) is 0.316. The van der Waals surface area contributed by atoms with Crippen LogP contribution >= 0.6 is 11.3 Å². The lowest BCUT2D eigenvalue weighted by Crippen LogP contribution is -2.38. The number of hydrogen-bond donors (Lipinski definition) is 0. The monoisotopic (exact) mass is 370 g/mol. The molecule has 2 aromatic heterocycles. The smallest absolute Gasteiger partial charge is 0.284 e. The van der Waals surface area contributed by atoms with Crippen molar-refractivity contribution in [2.75, 3.05) is 0 Å². The van der Waals surface area contributed by atoms with Gasteiger partial charge in [0.05, 0.1) is 5.39 Å². The van der Waals surface area contributed by atoms with E-state index in [9.17, 15) is 14.4 Å².